The van der Waals surface area contributed by atoms with Crippen LogP contribution in [0.15, 0.2) is 65.6 Å². The molecule has 1 aliphatic heterocycles. The molecule has 1 aliphatic rings. The molecule has 0 saturated carbocycles. The molecule has 0 spiro atoms. The van der Waals surface area contributed by atoms with Crippen molar-refractivity contribution in [3.8, 4) is 0 Å². The standard InChI is InChI=1S/C21H25NO2S/c23-18-11-12-21(24)22(15-13-18)16-14-20(17-7-3-1-4-8-17)25-19-9-5-2-6-10-19/h1-10,18,20,23H,11-16H2/t18-,20+/m1/s1. The third-order valence-electron chi connectivity index (χ3n) is 4.63. The zero-order valence-corrected chi connectivity index (χ0v) is 15.2. The third-order valence-corrected chi connectivity index (χ3v) is 5.97. The Labute approximate surface area is 154 Å². The topological polar surface area (TPSA) is 40.5 Å². The van der Waals surface area contributed by atoms with E-state index in [0.717, 1.165) is 13.0 Å². The number of hydrogen-bond donors (Lipinski definition) is 1. The van der Waals surface area contributed by atoms with Crippen LogP contribution in [0.2, 0.25) is 0 Å². The fraction of sp³-hybridized carbons (Fsp3) is 0.381. The fourth-order valence-corrected chi connectivity index (χ4v) is 4.32. The van der Waals surface area contributed by atoms with Crippen LogP contribution < -0.4 is 0 Å². The SMILES string of the molecule is O=C1CC[C@@H](O)CCN1CC[C@H](Sc1ccccc1)c1ccccc1. The highest BCUT2D eigenvalue weighted by molar-refractivity contribution is 7.99. The van der Waals surface area contributed by atoms with Gasteiger partial charge in [0.2, 0.25) is 5.91 Å². The Morgan fingerprint density at radius 3 is 2.44 bits per heavy atom. The summed E-state index contributed by atoms with van der Waals surface area (Å²) in [6.07, 6.45) is 2.32. The van der Waals surface area contributed by atoms with Crippen molar-refractivity contribution < 1.29 is 9.90 Å². The Balaban J connectivity index is 1.68. The first-order chi connectivity index (χ1) is 12.2. The second-order valence-corrected chi connectivity index (χ2v) is 7.76. The monoisotopic (exact) mass is 355 g/mol. The number of carbonyl (C=O) groups excluding carboxylic acids is 1. The lowest BCUT2D eigenvalue weighted by molar-refractivity contribution is -0.130. The maximum atomic E-state index is 12.3. The van der Waals surface area contributed by atoms with Crippen molar-refractivity contribution in [2.24, 2.45) is 0 Å². The van der Waals surface area contributed by atoms with Crippen LogP contribution in [0.3, 0.4) is 0 Å². The summed E-state index contributed by atoms with van der Waals surface area (Å²) in [6.45, 7) is 1.41. The lowest BCUT2D eigenvalue weighted by atomic mass is 10.1. The largest absolute Gasteiger partial charge is 0.393 e. The number of hydrogen-bond acceptors (Lipinski definition) is 3. The Morgan fingerprint density at radius 1 is 1.04 bits per heavy atom. The van der Waals surface area contributed by atoms with E-state index in [1.807, 2.05) is 28.8 Å². The van der Waals surface area contributed by atoms with Crippen molar-refractivity contribution in [3.05, 3.63) is 66.2 Å². The second-order valence-electron chi connectivity index (χ2n) is 6.48. The maximum absolute atomic E-state index is 12.3. The number of rotatable bonds is 6. The lowest BCUT2D eigenvalue weighted by Gasteiger charge is -2.24. The van der Waals surface area contributed by atoms with Gasteiger partial charge in [-0.2, -0.15) is 0 Å². The van der Waals surface area contributed by atoms with Gasteiger partial charge >= 0.3 is 0 Å². The number of carbonyl (C=O) groups is 1. The van der Waals surface area contributed by atoms with Gasteiger partial charge in [-0.3, -0.25) is 4.79 Å². The van der Waals surface area contributed by atoms with E-state index in [0.29, 0.717) is 31.1 Å². The molecule has 132 valence electrons. The molecule has 2 atom stereocenters. The lowest BCUT2D eigenvalue weighted by Crippen LogP contribution is -2.32. The molecule has 1 fully saturated rings. The zero-order valence-electron chi connectivity index (χ0n) is 14.4. The predicted octanol–water partition coefficient (Wildman–Crippen LogP) is 4.28. The van der Waals surface area contributed by atoms with Gasteiger partial charge in [0.1, 0.15) is 0 Å². The normalized spacial score (nSPS) is 19.5. The number of benzene rings is 2. The Morgan fingerprint density at radius 2 is 1.72 bits per heavy atom. The Kier molecular flexibility index (Phi) is 6.54. The molecule has 2 aromatic carbocycles. The minimum atomic E-state index is -0.336. The average molecular weight is 356 g/mol. The quantitative estimate of drug-likeness (QED) is 0.786. The summed E-state index contributed by atoms with van der Waals surface area (Å²) in [4.78, 5) is 15.4. The highest BCUT2D eigenvalue weighted by Gasteiger charge is 2.22. The van der Waals surface area contributed by atoms with Crippen molar-refractivity contribution in [2.45, 2.75) is 41.9 Å². The number of likely N-dealkylation sites (tertiary alicyclic amines) is 1. The maximum Gasteiger partial charge on any atom is 0.222 e. The molecule has 0 aromatic heterocycles. The van der Waals surface area contributed by atoms with E-state index in [1.54, 1.807) is 0 Å². The van der Waals surface area contributed by atoms with E-state index < -0.39 is 0 Å². The smallest absolute Gasteiger partial charge is 0.222 e. The number of amides is 1. The summed E-state index contributed by atoms with van der Waals surface area (Å²) < 4.78 is 0. The molecular formula is C21H25NO2S. The van der Waals surface area contributed by atoms with E-state index in [2.05, 4.69) is 48.5 Å². The van der Waals surface area contributed by atoms with Crippen LogP contribution in [0.25, 0.3) is 0 Å². The van der Waals surface area contributed by atoms with Crippen LogP contribution in [0.5, 0.6) is 0 Å². The molecule has 0 unspecified atom stereocenters. The van der Waals surface area contributed by atoms with Gasteiger partial charge in [-0.25, -0.2) is 0 Å². The Hall–Kier alpha value is -1.78. The van der Waals surface area contributed by atoms with Crippen LogP contribution in [0.1, 0.15) is 36.5 Å². The van der Waals surface area contributed by atoms with Crippen LogP contribution in [-0.2, 0) is 4.79 Å². The minimum Gasteiger partial charge on any atom is -0.393 e. The summed E-state index contributed by atoms with van der Waals surface area (Å²) in [5.74, 6) is 0.174. The molecular weight excluding hydrogens is 330 g/mol. The van der Waals surface area contributed by atoms with Crippen LogP contribution in [0.4, 0.5) is 0 Å². The summed E-state index contributed by atoms with van der Waals surface area (Å²) >= 11 is 1.85. The van der Waals surface area contributed by atoms with Gasteiger partial charge in [-0.15, -0.1) is 11.8 Å². The third kappa shape index (κ3) is 5.35. The summed E-state index contributed by atoms with van der Waals surface area (Å²) in [7, 11) is 0. The molecule has 0 radical (unpaired) electrons. The van der Waals surface area contributed by atoms with Gasteiger partial charge in [0, 0.05) is 29.7 Å². The van der Waals surface area contributed by atoms with Crippen LogP contribution in [0, 0.1) is 0 Å². The molecule has 25 heavy (non-hydrogen) atoms. The van der Waals surface area contributed by atoms with Gasteiger partial charge < -0.3 is 10.0 Å². The first kappa shape index (κ1) is 18.0. The van der Waals surface area contributed by atoms with Crippen molar-refractivity contribution in [1.29, 1.82) is 0 Å². The van der Waals surface area contributed by atoms with Crippen molar-refractivity contribution in [2.75, 3.05) is 13.1 Å². The van der Waals surface area contributed by atoms with E-state index in [9.17, 15) is 9.90 Å². The number of aliphatic hydroxyl groups excluding tert-OH is 1. The van der Waals surface area contributed by atoms with Crippen molar-refractivity contribution in [1.82, 2.24) is 4.90 Å². The number of nitrogens with zero attached hydrogens (tertiary/aromatic N) is 1. The van der Waals surface area contributed by atoms with Gasteiger partial charge in [-0.05, 0) is 37.0 Å². The molecule has 1 amide bonds. The van der Waals surface area contributed by atoms with Gasteiger partial charge in [0.25, 0.3) is 0 Å². The first-order valence-corrected chi connectivity index (χ1v) is 9.83. The van der Waals surface area contributed by atoms with Crippen LogP contribution in [-0.4, -0.2) is 35.1 Å². The molecule has 1 N–H and O–H groups in total. The molecule has 0 bridgehead atoms. The van der Waals surface area contributed by atoms with Gasteiger partial charge in [0.15, 0.2) is 0 Å². The van der Waals surface area contributed by atoms with Crippen molar-refractivity contribution >= 4 is 17.7 Å². The second kappa shape index (κ2) is 9.07. The minimum absolute atomic E-state index is 0.174. The number of thioether (sulfide) groups is 1. The number of aliphatic hydroxyl groups is 1. The predicted molar refractivity (Wildman–Crippen MR) is 103 cm³/mol. The molecule has 2 aromatic rings. The summed E-state index contributed by atoms with van der Waals surface area (Å²) in [6, 6.07) is 20.9. The van der Waals surface area contributed by atoms with E-state index in [1.165, 1.54) is 10.5 Å². The van der Waals surface area contributed by atoms with Gasteiger partial charge in [0.05, 0.1) is 6.10 Å². The zero-order chi connectivity index (χ0) is 17.5. The van der Waals surface area contributed by atoms with Gasteiger partial charge in [-0.1, -0.05) is 48.5 Å². The summed E-state index contributed by atoms with van der Waals surface area (Å²) in [5.41, 5.74) is 1.29. The summed E-state index contributed by atoms with van der Waals surface area (Å²) in [5, 5.41) is 10.1. The molecule has 3 rings (SSSR count). The fourth-order valence-electron chi connectivity index (χ4n) is 3.16. The van der Waals surface area contributed by atoms with Crippen LogP contribution >= 0.6 is 11.8 Å². The van der Waals surface area contributed by atoms with E-state index >= 15 is 0 Å². The van der Waals surface area contributed by atoms with E-state index in [4.69, 9.17) is 0 Å². The molecule has 1 heterocycles. The van der Waals surface area contributed by atoms with E-state index in [-0.39, 0.29) is 12.0 Å². The first-order valence-electron chi connectivity index (χ1n) is 8.95. The average Bonchev–Trinajstić information content (AvgIpc) is 2.82. The molecule has 4 heteroatoms. The molecule has 3 nitrogen and oxygen atoms in total. The molecule has 0 aliphatic carbocycles. The Bertz CT molecular complexity index is 662. The molecule has 1 saturated heterocycles. The highest BCUT2D eigenvalue weighted by atomic mass is 32.2. The van der Waals surface area contributed by atoms with Crippen molar-refractivity contribution in [3.63, 3.8) is 0 Å². The highest BCUT2D eigenvalue weighted by Crippen LogP contribution is 2.37.